The molecule has 1 N–H and O–H groups in total. The first kappa shape index (κ1) is 25.3. The Morgan fingerprint density at radius 3 is 2.42 bits per heavy atom. The zero-order chi connectivity index (χ0) is 26.2. The summed E-state index contributed by atoms with van der Waals surface area (Å²) in [6, 6.07) is 13.5. The summed E-state index contributed by atoms with van der Waals surface area (Å²) in [7, 11) is 0. The number of piperidine rings is 1. The minimum atomic E-state index is -0.536. The summed E-state index contributed by atoms with van der Waals surface area (Å²) in [5.41, 5.74) is 3.81. The second-order valence-corrected chi connectivity index (χ2v) is 11.2. The van der Waals surface area contributed by atoms with Crippen LogP contribution in [0.25, 0.3) is 0 Å². The van der Waals surface area contributed by atoms with E-state index in [-0.39, 0.29) is 17.6 Å². The second-order valence-electron chi connectivity index (χ2n) is 11.2. The van der Waals surface area contributed by atoms with Gasteiger partial charge in [0, 0.05) is 51.4 Å². The number of fused-ring (bicyclic) bond motifs is 1. The molecule has 2 aromatic rings. The summed E-state index contributed by atoms with van der Waals surface area (Å²) >= 11 is 0. The van der Waals surface area contributed by atoms with Crippen LogP contribution in [0, 0.1) is 23.6 Å². The summed E-state index contributed by atoms with van der Waals surface area (Å²) in [4.78, 5) is 31.7. The molecule has 3 aliphatic heterocycles. The summed E-state index contributed by atoms with van der Waals surface area (Å²) < 4.78 is 20.7. The minimum Gasteiger partial charge on any atom is -0.378 e. The molecule has 4 fully saturated rings. The predicted octanol–water partition coefficient (Wildman–Crippen LogP) is 3.21. The first-order chi connectivity index (χ1) is 18.5. The minimum absolute atomic E-state index is 0.0944. The van der Waals surface area contributed by atoms with Gasteiger partial charge < -0.3 is 19.9 Å². The van der Waals surface area contributed by atoms with Crippen molar-refractivity contribution in [3.63, 3.8) is 0 Å². The zero-order valence-corrected chi connectivity index (χ0v) is 22.1. The van der Waals surface area contributed by atoms with Crippen LogP contribution in [-0.4, -0.2) is 68.7 Å². The van der Waals surface area contributed by atoms with Crippen LogP contribution in [0.2, 0.25) is 0 Å². The molecule has 0 radical (unpaired) electrons. The monoisotopic (exact) mass is 520 g/mol. The Morgan fingerprint density at radius 2 is 1.79 bits per heavy atom. The molecule has 3 saturated heterocycles. The number of morpholine rings is 1. The number of benzene rings is 2. The summed E-state index contributed by atoms with van der Waals surface area (Å²) in [6.07, 6.45) is 1.90. The third kappa shape index (κ3) is 5.16. The van der Waals surface area contributed by atoms with Crippen molar-refractivity contribution in [2.75, 3.05) is 55.7 Å². The number of likely N-dealkylation sites (tertiary alicyclic amines) is 1. The molecule has 8 heteroatoms. The molecule has 38 heavy (non-hydrogen) atoms. The molecule has 202 valence electrons. The van der Waals surface area contributed by atoms with Gasteiger partial charge >= 0.3 is 0 Å². The van der Waals surface area contributed by atoms with Crippen molar-refractivity contribution in [3.05, 3.63) is 59.4 Å². The number of carbonyl (C=O) groups is 2. The van der Waals surface area contributed by atoms with E-state index in [0.717, 1.165) is 26.1 Å². The van der Waals surface area contributed by atoms with Crippen LogP contribution in [0.4, 0.5) is 15.8 Å². The van der Waals surface area contributed by atoms with Gasteiger partial charge in [0.15, 0.2) is 0 Å². The van der Waals surface area contributed by atoms with Crippen molar-refractivity contribution >= 4 is 23.2 Å². The van der Waals surface area contributed by atoms with Crippen LogP contribution in [0.5, 0.6) is 0 Å². The van der Waals surface area contributed by atoms with E-state index in [1.54, 1.807) is 11.0 Å². The molecule has 0 spiro atoms. The summed E-state index contributed by atoms with van der Waals surface area (Å²) in [5, 5.41) is 2.81. The highest BCUT2D eigenvalue weighted by Gasteiger charge is 2.56. The van der Waals surface area contributed by atoms with E-state index in [1.165, 1.54) is 17.2 Å². The average molecular weight is 521 g/mol. The molecular formula is C30H37FN4O3. The topological polar surface area (TPSA) is 65.1 Å². The molecule has 4 aliphatic rings. The Kier molecular flexibility index (Phi) is 7.10. The number of hydrogen-bond acceptors (Lipinski definition) is 5. The lowest BCUT2D eigenvalue weighted by molar-refractivity contribution is -0.124. The van der Waals surface area contributed by atoms with Crippen LogP contribution >= 0.6 is 0 Å². The molecule has 2 amide bonds. The van der Waals surface area contributed by atoms with Gasteiger partial charge in [0.05, 0.1) is 18.9 Å². The number of amides is 2. The van der Waals surface area contributed by atoms with Crippen molar-refractivity contribution in [1.82, 2.24) is 10.2 Å². The molecule has 7 nitrogen and oxygen atoms in total. The summed E-state index contributed by atoms with van der Waals surface area (Å²) in [6.45, 7) is 8.21. The quantitative estimate of drug-likeness (QED) is 0.579. The molecule has 1 saturated carbocycles. The normalized spacial score (nSPS) is 26.8. The fourth-order valence-corrected chi connectivity index (χ4v) is 6.52. The largest absolute Gasteiger partial charge is 0.378 e. The van der Waals surface area contributed by atoms with Gasteiger partial charge in [-0.15, -0.1) is 0 Å². The van der Waals surface area contributed by atoms with Crippen LogP contribution in [0.15, 0.2) is 42.5 Å². The highest BCUT2D eigenvalue weighted by Crippen LogP contribution is 2.52. The van der Waals surface area contributed by atoms with Gasteiger partial charge in [-0.25, -0.2) is 4.39 Å². The van der Waals surface area contributed by atoms with Gasteiger partial charge in [-0.3, -0.25) is 14.5 Å². The van der Waals surface area contributed by atoms with Gasteiger partial charge in [-0.05, 0) is 59.9 Å². The van der Waals surface area contributed by atoms with Crippen LogP contribution < -0.4 is 15.1 Å². The number of rotatable bonds is 8. The van der Waals surface area contributed by atoms with Gasteiger partial charge in [-0.1, -0.05) is 31.2 Å². The molecule has 3 atom stereocenters. The fourth-order valence-electron chi connectivity index (χ4n) is 6.52. The lowest BCUT2D eigenvalue weighted by Crippen LogP contribution is -2.46. The second kappa shape index (κ2) is 10.7. The number of hydrogen-bond donors (Lipinski definition) is 1. The molecule has 3 heterocycles. The Hall–Kier alpha value is -2.97. The average Bonchev–Trinajstić information content (AvgIpc) is 3.23. The predicted molar refractivity (Wildman–Crippen MR) is 145 cm³/mol. The number of ether oxygens (including phenoxy) is 1. The number of nitrogens with one attached hydrogen (secondary N) is 1. The van der Waals surface area contributed by atoms with Crippen LogP contribution in [0.3, 0.4) is 0 Å². The van der Waals surface area contributed by atoms with E-state index >= 15 is 4.39 Å². The Balaban J connectivity index is 1.14. The molecule has 6 rings (SSSR count). The third-order valence-electron chi connectivity index (χ3n) is 8.83. The van der Waals surface area contributed by atoms with E-state index in [4.69, 9.17) is 4.74 Å². The van der Waals surface area contributed by atoms with Gasteiger partial charge in [0.25, 0.3) is 0 Å². The smallest absolute Gasteiger partial charge is 0.249 e. The zero-order valence-electron chi connectivity index (χ0n) is 22.1. The lowest BCUT2D eigenvalue weighted by Gasteiger charge is -2.31. The number of nitrogens with zero attached hydrogens (tertiary/aromatic N) is 3. The Labute approximate surface area is 223 Å². The number of carbonyl (C=O) groups excluding carboxylic acids is 2. The van der Waals surface area contributed by atoms with E-state index in [9.17, 15) is 9.59 Å². The van der Waals surface area contributed by atoms with Crippen molar-refractivity contribution in [3.8, 4) is 0 Å². The molecule has 0 aromatic heterocycles. The van der Waals surface area contributed by atoms with E-state index in [1.807, 2.05) is 11.0 Å². The third-order valence-corrected chi connectivity index (χ3v) is 8.83. The summed E-state index contributed by atoms with van der Waals surface area (Å²) in [5.74, 6) is 0.952. The highest BCUT2D eigenvalue weighted by atomic mass is 19.1. The highest BCUT2D eigenvalue weighted by molar-refractivity contribution is 6.01. The van der Waals surface area contributed by atoms with Crippen molar-refractivity contribution in [2.24, 2.45) is 17.8 Å². The van der Waals surface area contributed by atoms with Crippen molar-refractivity contribution in [1.29, 1.82) is 0 Å². The molecule has 0 bridgehead atoms. The molecular weight excluding hydrogens is 483 g/mol. The van der Waals surface area contributed by atoms with Gasteiger partial charge in [0.1, 0.15) is 11.9 Å². The number of aryl methyl sites for hydroxylation is 1. The Morgan fingerprint density at radius 1 is 1.08 bits per heavy atom. The molecule has 1 aliphatic carbocycles. The van der Waals surface area contributed by atoms with E-state index in [0.29, 0.717) is 74.8 Å². The molecule has 2 aromatic carbocycles. The van der Waals surface area contributed by atoms with Crippen molar-refractivity contribution in [2.45, 2.75) is 38.8 Å². The van der Waals surface area contributed by atoms with Crippen LogP contribution in [-0.2, 0) is 27.3 Å². The number of halogens is 1. The first-order valence-corrected chi connectivity index (χ1v) is 14.0. The maximum absolute atomic E-state index is 15.3. The van der Waals surface area contributed by atoms with Gasteiger partial charge in [-0.2, -0.15) is 0 Å². The Bertz CT molecular complexity index is 1170. The molecule has 3 unspecified atom stereocenters. The van der Waals surface area contributed by atoms with Crippen LogP contribution in [0.1, 0.15) is 30.9 Å². The maximum atomic E-state index is 15.3. The maximum Gasteiger partial charge on any atom is 0.249 e. The van der Waals surface area contributed by atoms with Crippen molar-refractivity contribution < 1.29 is 18.7 Å². The lowest BCUT2D eigenvalue weighted by atomic mass is 10.1. The number of anilines is 2. The fraction of sp³-hybridized carbons (Fsp3) is 0.533. The standard InChI is InChI=1S/C30H37FN4O3/c1-2-20-3-5-21(6-4-20)16-33-17-23-24(18-33)25(23)19-35(30(37)27-8-10-29(36)32-27)22-7-9-28(26(31)15-22)34-11-13-38-14-12-34/h3-7,9,15,23-25,27H,2,8,10-14,16-19H2,1H3,(H,32,36). The van der Waals surface area contributed by atoms with Gasteiger partial charge in [0.2, 0.25) is 11.8 Å². The van der Waals surface area contributed by atoms with E-state index in [2.05, 4.69) is 41.4 Å². The first-order valence-electron chi connectivity index (χ1n) is 14.0. The van der Waals surface area contributed by atoms with E-state index < -0.39 is 6.04 Å². The SMILES string of the molecule is CCc1ccc(CN2CC3C(C2)C3CN(C(=O)C2CCC(=O)N2)c2ccc(N3CCOCC3)c(F)c2)cc1.